The molecule has 0 aliphatic carbocycles. The lowest BCUT2D eigenvalue weighted by atomic mass is 10.2. The highest BCUT2D eigenvalue weighted by atomic mass is 32.2. The van der Waals surface area contributed by atoms with Crippen molar-refractivity contribution >= 4 is 23.4 Å². The lowest BCUT2D eigenvalue weighted by Gasteiger charge is -2.07. The van der Waals surface area contributed by atoms with Gasteiger partial charge in [0.2, 0.25) is 0 Å². The number of nitrogen functional groups attached to an aromatic ring is 1. The highest BCUT2D eigenvalue weighted by molar-refractivity contribution is 7.99. The second-order valence-electron chi connectivity index (χ2n) is 3.53. The molecule has 0 aliphatic rings. The summed E-state index contributed by atoms with van der Waals surface area (Å²) in [5.74, 6) is 0.838. The summed E-state index contributed by atoms with van der Waals surface area (Å²) in [4.78, 5) is 12.4. The van der Waals surface area contributed by atoms with Crippen molar-refractivity contribution in [2.24, 2.45) is 0 Å². The van der Waals surface area contributed by atoms with Gasteiger partial charge in [-0.25, -0.2) is 0 Å². The number of nitrogens with two attached hydrogens (primary N) is 1. The minimum absolute atomic E-state index is 0.118. The van der Waals surface area contributed by atoms with Crippen molar-refractivity contribution in [3.8, 4) is 0 Å². The third-order valence-corrected chi connectivity index (χ3v) is 3.42. The van der Waals surface area contributed by atoms with E-state index in [1.807, 2.05) is 6.07 Å². The summed E-state index contributed by atoms with van der Waals surface area (Å²) >= 11 is 1.68. The van der Waals surface area contributed by atoms with Crippen molar-refractivity contribution in [1.29, 1.82) is 0 Å². The van der Waals surface area contributed by atoms with Crippen LogP contribution in [0.25, 0.3) is 0 Å². The zero-order chi connectivity index (χ0) is 12.7. The summed E-state index contributed by atoms with van der Waals surface area (Å²) in [7, 11) is 3.29. The summed E-state index contributed by atoms with van der Waals surface area (Å²) in [6.07, 6.45) is 0.984. The molecule has 1 aromatic carbocycles. The summed E-state index contributed by atoms with van der Waals surface area (Å²) in [5.41, 5.74) is 7.13. The maximum atomic E-state index is 11.4. The number of nitrogens with one attached hydrogen (secondary N) is 1. The number of methoxy groups -OCH3 is 1. The molecule has 1 amide bonds. The predicted octanol–water partition coefficient (Wildman–Crippen LogP) is 1.76. The van der Waals surface area contributed by atoms with Crippen LogP contribution < -0.4 is 11.1 Å². The number of hydrogen-bond acceptors (Lipinski definition) is 4. The fourth-order valence-corrected chi connectivity index (χ4v) is 2.22. The van der Waals surface area contributed by atoms with Gasteiger partial charge in [-0.1, -0.05) is 0 Å². The van der Waals surface area contributed by atoms with Crippen LogP contribution in [0.2, 0.25) is 0 Å². The smallest absolute Gasteiger partial charge is 0.251 e. The zero-order valence-electron chi connectivity index (χ0n) is 10.2. The van der Waals surface area contributed by atoms with E-state index in [1.54, 1.807) is 38.1 Å². The second-order valence-corrected chi connectivity index (χ2v) is 4.66. The number of rotatable bonds is 6. The van der Waals surface area contributed by atoms with Crippen LogP contribution in [0.15, 0.2) is 23.1 Å². The van der Waals surface area contributed by atoms with E-state index < -0.39 is 0 Å². The van der Waals surface area contributed by atoms with Crippen molar-refractivity contribution in [3.63, 3.8) is 0 Å². The average Bonchev–Trinajstić information content (AvgIpc) is 2.35. The van der Waals surface area contributed by atoms with Crippen LogP contribution in [0.3, 0.4) is 0 Å². The molecule has 0 heterocycles. The van der Waals surface area contributed by atoms with Gasteiger partial charge in [0.1, 0.15) is 0 Å². The Labute approximate surface area is 106 Å². The van der Waals surface area contributed by atoms with Crippen LogP contribution in [0.4, 0.5) is 5.69 Å². The third-order valence-electron chi connectivity index (χ3n) is 2.25. The van der Waals surface area contributed by atoms with Gasteiger partial charge in [-0.15, -0.1) is 11.8 Å². The maximum Gasteiger partial charge on any atom is 0.251 e. The number of hydrogen-bond donors (Lipinski definition) is 2. The molecule has 0 radical (unpaired) electrons. The molecule has 1 rings (SSSR count). The van der Waals surface area contributed by atoms with Crippen LogP contribution in [-0.4, -0.2) is 32.4 Å². The molecule has 0 bridgehead atoms. The average molecular weight is 254 g/mol. The molecule has 0 saturated carbocycles. The number of amides is 1. The Hall–Kier alpha value is -1.20. The normalized spacial score (nSPS) is 10.2. The first-order valence-corrected chi connectivity index (χ1v) is 6.41. The Kier molecular flexibility index (Phi) is 5.86. The first kappa shape index (κ1) is 13.9. The van der Waals surface area contributed by atoms with Crippen LogP contribution in [0, 0.1) is 0 Å². The van der Waals surface area contributed by atoms with Gasteiger partial charge in [0.25, 0.3) is 5.91 Å². The number of carbonyl (C=O) groups is 1. The largest absolute Gasteiger partial charge is 0.398 e. The molecule has 0 aliphatic heterocycles. The minimum atomic E-state index is -0.118. The topological polar surface area (TPSA) is 64.3 Å². The summed E-state index contributed by atoms with van der Waals surface area (Å²) in [5, 5.41) is 2.57. The Morgan fingerprint density at radius 2 is 2.29 bits per heavy atom. The Bertz CT molecular complexity index is 383. The molecule has 4 nitrogen and oxygen atoms in total. The molecule has 0 spiro atoms. The van der Waals surface area contributed by atoms with E-state index in [-0.39, 0.29) is 5.91 Å². The van der Waals surface area contributed by atoms with E-state index in [4.69, 9.17) is 10.5 Å². The van der Waals surface area contributed by atoms with Crippen molar-refractivity contribution in [2.75, 3.05) is 32.3 Å². The molecular formula is C12H18N2O2S. The molecule has 0 fully saturated rings. The van der Waals surface area contributed by atoms with Gasteiger partial charge in [-0.05, 0) is 24.6 Å². The molecule has 3 N–H and O–H groups in total. The lowest BCUT2D eigenvalue weighted by Crippen LogP contribution is -2.17. The molecular weight excluding hydrogens is 236 g/mol. The third kappa shape index (κ3) is 4.28. The monoisotopic (exact) mass is 254 g/mol. The number of ether oxygens (including phenoxy) is 1. The summed E-state index contributed by atoms with van der Waals surface area (Å²) < 4.78 is 4.98. The fraction of sp³-hybridized carbons (Fsp3) is 0.417. The first-order chi connectivity index (χ1) is 8.19. The van der Waals surface area contributed by atoms with E-state index in [1.165, 1.54) is 0 Å². The van der Waals surface area contributed by atoms with Crippen molar-refractivity contribution in [2.45, 2.75) is 11.3 Å². The Morgan fingerprint density at radius 3 is 2.88 bits per heavy atom. The van der Waals surface area contributed by atoms with E-state index >= 15 is 0 Å². The molecule has 0 unspecified atom stereocenters. The standard InChI is InChI=1S/C12H18N2O2S/c1-14-12(15)9-4-5-11(10(13)8-9)17-7-3-6-16-2/h4-5,8H,3,6-7,13H2,1-2H3,(H,14,15). The summed E-state index contributed by atoms with van der Waals surface area (Å²) in [6, 6.07) is 5.38. The molecule has 5 heteroatoms. The molecule has 0 saturated heterocycles. The lowest BCUT2D eigenvalue weighted by molar-refractivity contribution is 0.0963. The molecule has 94 valence electrons. The zero-order valence-corrected chi connectivity index (χ0v) is 11.0. The van der Waals surface area contributed by atoms with Crippen molar-refractivity contribution < 1.29 is 9.53 Å². The Balaban J connectivity index is 2.60. The predicted molar refractivity (Wildman–Crippen MR) is 71.5 cm³/mol. The van der Waals surface area contributed by atoms with E-state index in [9.17, 15) is 4.79 Å². The fourth-order valence-electron chi connectivity index (χ4n) is 1.35. The molecule has 0 atom stereocenters. The van der Waals surface area contributed by atoms with E-state index in [0.717, 1.165) is 23.7 Å². The highest BCUT2D eigenvalue weighted by Crippen LogP contribution is 2.26. The molecule has 0 aromatic heterocycles. The van der Waals surface area contributed by atoms with Gasteiger partial charge in [0, 0.05) is 42.7 Å². The highest BCUT2D eigenvalue weighted by Gasteiger charge is 2.06. The van der Waals surface area contributed by atoms with Gasteiger partial charge in [-0.2, -0.15) is 0 Å². The van der Waals surface area contributed by atoms with Gasteiger partial charge in [-0.3, -0.25) is 4.79 Å². The first-order valence-electron chi connectivity index (χ1n) is 5.42. The van der Waals surface area contributed by atoms with Gasteiger partial charge < -0.3 is 15.8 Å². The SMILES string of the molecule is CNC(=O)c1ccc(SCCCOC)c(N)c1. The maximum absolute atomic E-state index is 11.4. The van der Waals surface area contributed by atoms with Gasteiger partial charge in [0.15, 0.2) is 0 Å². The van der Waals surface area contributed by atoms with E-state index in [2.05, 4.69) is 5.32 Å². The van der Waals surface area contributed by atoms with Crippen LogP contribution in [0.5, 0.6) is 0 Å². The number of anilines is 1. The number of benzene rings is 1. The van der Waals surface area contributed by atoms with Crippen LogP contribution in [0.1, 0.15) is 16.8 Å². The van der Waals surface area contributed by atoms with E-state index in [0.29, 0.717) is 11.3 Å². The van der Waals surface area contributed by atoms with Crippen LogP contribution in [-0.2, 0) is 4.74 Å². The second kappa shape index (κ2) is 7.19. The van der Waals surface area contributed by atoms with Crippen LogP contribution >= 0.6 is 11.8 Å². The minimum Gasteiger partial charge on any atom is -0.398 e. The van der Waals surface area contributed by atoms with Crippen molar-refractivity contribution in [3.05, 3.63) is 23.8 Å². The van der Waals surface area contributed by atoms with Gasteiger partial charge >= 0.3 is 0 Å². The summed E-state index contributed by atoms with van der Waals surface area (Å²) in [6.45, 7) is 0.753. The molecule has 1 aromatic rings. The van der Waals surface area contributed by atoms with Gasteiger partial charge in [0.05, 0.1) is 0 Å². The number of thioether (sulfide) groups is 1. The number of carbonyl (C=O) groups excluding carboxylic acids is 1. The Morgan fingerprint density at radius 1 is 1.53 bits per heavy atom. The molecule has 17 heavy (non-hydrogen) atoms. The van der Waals surface area contributed by atoms with Crippen molar-refractivity contribution in [1.82, 2.24) is 5.32 Å². The quantitative estimate of drug-likeness (QED) is 0.461.